The molecule has 0 saturated heterocycles. The Morgan fingerprint density at radius 2 is 1.95 bits per heavy atom. The van der Waals surface area contributed by atoms with Crippen LogP contribution < -0.4 is 5.32 Å². The Balaban J connectivity index is 1.99. The molecule has 0 aliphatic rings. The zero-order valence-electron chi connectivity index (χ0n) is 12.0. The first-order valence-electron chi connectivity index (χ1n) is 6.73. The highest BCUT2D eigenvalue weighted by atomic mass is 15.4. The van der Waals surface area contributed by atoms with Gasteiger partial charge in [0.05, 0.1) is 18.2 Å². The normalized spacial score (nSPS) is 12.3. The average molecular weight is 269 g/mol. The zero-order chi connectivity index (χ0) is 14.5. The van der Waals surface area contributed by atoms with E-state index in [2.05, 4.69) is 42.2 Å². The van der Waals surface area contributed by atoms with Crippen molar-refractivity contribution in [3.63, 3.8) is 0 Å². The first kappa shape index (κ1) is 14.2. The summed E-state index contributed by atoms with van der Waals surface area (Å²) in [6, 6.07) is 10.3. The molecule has 1 aromatic heterocycles. The molecular weight excluding hydrogens is 250 g/mol. The van der Waals surface area contributed by atoms with Gasteiger partial charge in [-0.25, -0.2) is 9.67 Å². The molecule has 0 saturated carbocycles. The molecule has 5 nitrogen and oxygen atoms in total. The fourth-order valence-electron chi connectivity index (χ4n) is 2.04. The molecule has 0 bridgehead atoms. The van der Waals surface area contributed by atoms with Gasteiger partial charge in [-0.3, -0.25) is 0 Å². The van der Waals surface area contributed by atoms with Crippen LogP contribution in [0.25, 0.3) is 0 Å². The number of hydrogen-bond acceptors (Lipinski definition) is 4. The van der Waals surface area contributed by atoms with Gasteiger partial charge in [-0.15, -0.1) is 0 Å². The summed E-state index contributed by atoms with van der Waals surface area (Å²) in [6.45, 7) is 6.93. The quantitative estimate of drug-likeness (QED) is 0.906. The molecule has 1 heterocycles. The van der Waals surface area contributed by atoms with Crippen LogP contribution >= 0.6 is 0 Å². The number of rotatable bonds is 5. The van der Waals surface area contributed by atoms with Crippen LogP contribution in [0.15, 0.2) is 30.6 Å². The van der Waals surface area contributed by atoms with E-state index in [-0.39, 0.29) is 6.04 Å². The van der Waals surface area contributed by atoms with Crippen molar-refractivity contribution in [3.05, 3.63) is 47.5 Å². The topological polar surface area (TPSA) is 66.5 Å². The van der Waals surface area contributed by atoms with Gasteiger partial charge in [0.15, 0.2) is 0 Å². The van der Waals surface area contributed by atoms with Crippen LogP contribution in [0.2, 0.25) is 0 Å². The third kappa shape index (κ3) is 3.22. The van der Waals surface area contributed by atoms with Crippen molar-refractivity contribution in [1.82, 2.24) is 20.1 Å². The highest BCUT2D eigenvalue weighted by Gasteiger charge is 2.10. The average Bonchev–Trinajstić information content (AvgIpc) is 2.93. The van der Waals surface area contributed by atoms with Crippen molar-refractivity contribution >= 4 is 0 Å². The van der Waals surface area contributed by atoms with Crippen molar-refractivity contribution in [2.45, 2.75) is 39.4 Å². The Labute approximate surface area is 119 Å². The van der Waals surface area contributed by atoms with Gasteiger partial charge in [-0.2, -0.15) is 10.4 Å². The number of nitriles is 1. The maximum atomic E-state index is 8.79. The van der Waals surface area contributed by atoms with Gasteiger partial charge in [-0.05, 0) is 38.5 Å². The molecule has 0 amide bonds. The first-order chi connectivity index (χ1) is 9.61. The van der Waals surface area contributed by atoms with Crippen LogP contribution in [-0.4, -0.2) is 14.8 Å². The van der Waals surface area contributed by atoms with E-state index in [1.54, 1.807) is 6.33 Å². The summed E-state index contributed by atoms with van der Waals surface area (Å²) in [5, 5.41) is 16.4. The maximum Gasteiger partial charge on any atom is 0.141 e. The minimum absolute atomic E-state index is 0.194. The lowest BCUT2D eigenvalue weighted by molar-refractivity contribution is 0.473. The minimum atomic E-state index is 0.194. The van der Waals surface area contributed by atoms with Crippen molar-refractivity contribution < 1.29 is 0 Å². The van der Waals surface area contributed by atoms with Gasteiger partial charge in [0.1, 0.15) is 12.2 Å². The molecule has 104 valence electrons. The fourth-order valence-corrected chi connectivity index (χ4v) is 2.04. The smallest absolute Gasteiger partial charge is 0.141 e. The number of nitrogens with one attached hydrogen (secondary N) is 1. The number of hydrogen-bond donors (Lipinski definition) is 1. The Hall–Kier alpha value is -2.19. The van der Waals surface area contributed by atoms with Crippen LogP contribution in [-0.2, 0) is 6.54 Å². The van der Waals surface area contributed by atoms with E-state index >= 15 is 0 Å². The molecule has 1 atom stereocenters. The highest BCUT2D eigenvalue weighted by Crippen LogP contribution is 2.14. The van der Waals surface area contributed by atoms with Gasteiger partial charge in [0.25, 0.3) is 0 Å². The molecule has 1 aromatic carbocycles. The van der Waals surface area contributed by atoms with E-state index in [9.17, 15) is 0 Å². The van der Waals surface area contributed by atoms with E-state index < -0.39 is 0 Å². The SMILES string of the molecule is CC(NCc1ncnn1C(C)C)c1ccc(C#N)cc1. The Morgan fingerprint density at radius 1 is 1.25 bits per heavy atom. The largest absolute Gasteiger partial charge is 0.303 e. The molecule has 0 aliphatic carbocycles. The number of benzene rings is 1. The van der Waals surface area contributed by atoms with Crippen molar-refractivity contribution in [3.8, 4) is 6.07 Å². The molecule has 0 spiro atoms. The molecule has 1 unspecified atom stereocenters. The number of nitrogens with zero attached hydrogens (tertiary/aromatic N) is 4. The molecule has 0 aliphatic heterocycles. The third-order valence-corrected chi connectivity index (χ3v) is 3.24. The van der Waals surface area contributed by atoms with Crippen molar-refractivity contribution in [2.24, 2.45) is 0 Å². The minimum Gasteiger partial charge on any atom is -0.303 e. The summed E-state index contributed by atoms with van der Waals surface area (Å²) in [7, 11) is 0. The predicted octanol–water partition coefficient (Wildman–Crippen LogP) is 2.58. The van der Waals surface area contributed by atoms with E-state index in [0.717, 1.165) is 11.4 Å². The summed E-state index contributed by atoms with van der Waals surface area (Å²) in [5.74, 6) is 0.931. The lowest BCUT2D eigenvalue weighted by Crippen LogP contribution is -2.21. The van der Waals surface area contributed by atoms with E-state index in [1.165, 1.54) is 0 Å². The van der Waals surface area contributed by atoms with Crippen LogP contribution in [0.5, 0.6) is 0 Å². The monoisotopic (exact) mass is 269 g/mol. The molecule has 0 radical (unpaired) electrons. The first-order valence-corrected chi connectivity index (χ1v) is 6.73. The second kappa shape index (κ2) is 6.31. The Morgan fingerprint density at radius 3 is 2.55 bits per heavy atom. The fraction of sp³-hybridized carbons (Fsp3) is 0.400. The third-order valence-electron chi connectivity index (χ3n) is 3.24. The number of aromatic nitrogens is 3. The van der Waals surface area contributed by atoms with Crippen LogP contribution in [0.4, 0.5) is 0 Å². The molecule has 0 fully saturated rings. The van der Waals surface area contributed by atoms with Gasteiger partial charge < -0.3 is 5.32 Å². The second-order valence-electron chi connectivity index (χ2n) is 5.05. The Kier molecular flexibility index (Phi) is 4.49. The molecule has 5 heteroatoms. The maximum absolute atomic E-state index is 8.79. The van der Waals surface area contributed by atoms with Crippen LogP contribution in [0.3, 0.4) is 0 Å². The summed E-state index contributed by atoms with van der Waals surface area (Å²) in [6.07, 6.45) is 1.59. The molecule has 1 N–H and O–H groups in total. The Bertz CT molecular complexity index is 591. The standard InChI is InChI=1S/C15H19N5/c1-11(2)20-15(18-10-19-20)9-17-12(3)14-6-4-13(8-16)5-7-14/h4-7,10-12,17H,9H2,1-3H3. The molecular formula is C15H19N5. The van der Waals surface area contributed by atoms with Gasteiger partial charge in [0, 0.05) is 12.1 Å². The van der Waals surface area contributed by atoms with E-state index in [1.807, 2.05) is 28.9 Å². The lowest BCUT2D eigenvalue weighted by Gasteiger charge is -2.15. The molecule has 20 heavy (non-hydrogen) atoms. The van der Waals surface area contributed by atoms with Gasteiger partial charge >= 0.3 is 0 Å². The summed E-state index contributed by atoms with van der Waals surface area (Å²) >= 11 is 0. The summed E-state index contributed by atoms with van der Waals surface area (Å²) in [4.78, 5) is 4.28. The van der Waals surface area contributed by atoms with Crippen LogP contribution in [0.1, 0.15) is 49.8 Å². The van der Waals surface area contributed by atoms with E-state index in [0.29, 0.717) is 18.2 Å². The van der Waals surface area contributed by atoms with Gasteiger partial charge in [-0.1, -0.05) is 12.1 Å². The molecule has 2 aromatic rings. The van der Waals surface area contributed by atoms with Crippen LogP contribution in [0, 0.1) is 11.3 Å². The van der Waals surface area contributed by atoms with Gasteiger partial charge in [0.2, 0.25) is 0 Å². The zero-order valence-corrected chi connectivity index (χ0v) is 12.0. The molecule has 2 rings (SSSR count). The lowest BCUT2D eigenvalue weighted by atomic mass is 10.1. The van der Waals surface area contributed by atoms with Crippen molar-refractivity contribution in [1.29, 1.82) is 5.26 Å². The summed E-state index contributed by atoms with van der Waals surface area (Å²) in [5.41, 5.74) is 1.83. The predicted molar refractivity (Wildman–Crippen MR) is 76.8 cm³/mol. The summed E-state index contributed by atoms with van der Waals surface area (Å²) < 4.78 is 1.92. The van der Waals surface area contributed by atoms with Crippen molar-refractivity contribution in [2.75, 3.05) is 0 Å². The van der Waals surface area contributed by atoms with E-state index in [4.69, 9.17) is 5.26 Å². The second-order valence-corrected chi connectivity index (χ2v) is 5.05. The highest BCUT2D eigenvalue weighted by molar-refractivity contribution is 5.32.